The van der Waals surface area contributed by atoms with Gasteiger partial charge in [0.1, 0.15) is 0 Å². The second-order valence-electron chi connectivity index (χ2n) is 7.60. The fourth-order valence-electron chi connectivity index (χ4n) is 4.01. The molecule has 0 aromatic rings. The Balaban J connectivity index is 1.65. The molecule has 1 heterocycles. The third kappa shape index (κ3) is 3.08. The number of hydrogen-bond acceptors (Lipinski definition) is 2. The van der Waals surface area contributed by atoms with E-state index in [0.717, 1.165) is 17.9 Å². The SMILES string of the molecule is CC1(C)CN(CC2CC2)C(C2CCCCC2)CN1. The maximum Gasteiger partial charge on any atom is 0.0252 e. The summed E-state index contributed by atoms with van der Waals surface area (Å²) in [7, 11) is 0. The zero-order chi connectivity index (χ0) is 12.6. The molecule has 0 amide bonds. The van der Waals surface area contributed by atoms with E-state index >= 15 is 0 Å². The molecule has 1 unspecified atom stereocenters. The van der Waals surface area contributed by atoms with Gasteiger partial charge in [-0.15, -0.1) is 0 Å². The lowest BCUT2D eigenvalue weighted by molar-refractivity contribution is 0.0445. The van der Waals surface area contributed by atoms with E-state index in [-0.39, 0.29) is 0 Å². The van der Waals surface area contributed by atoms with Crippen LogP contribution in [0.5, 0.6) is 0 Å². The highest BCUT2D eigenvalue weighted by Crippen LogP contribution is 2.35. The summed E-state index contributed by atoms with van der Waals surface area (Å²) in [6.07, 6.45) is 10.4. The molecule has 0 bridgehead atoms. The maximum atomic E-state index is 3.79. The van der Waals surface area contributed by atoms with Crippen molar-refractivity contribution < 1.29 is 0 Å². The van der Waals surface area contributed by atoms with Gasteiger partial charge in [-0.3, -0.25) is 4.90 Å². The average Bonchev–Trinajstić information content (AvgIpc) is 3.13. The summed E-state index contributed by atoms with van der Waals surface area (Å²) in [5.74, 6) is 2.01. The van der Waals surface area contributed by atoms with Crippen molar-refractivity contribution in [3.63, 3.8) is 0 Å². The summed E-state index contributed by atoms with van der Waals surface area (Å²) in [6.45, 7) is 8.59. The first-order valence-electron chi connectivity index (χ1n) is 8.13. The predicted molar refractivity (Wildman–Crippen MR) is 76.7 cm³/mol. The third-order valence-electron chi connectivity index (χ3n) is 5.24. The number of nitrogens with zero attached hydrogens (tertiary/aromatic N) is 1. The first-order chi connectivity index (χ1) is 8.64. The summed E-state index contributed by atoms with van der Waals surface area (Å²) in [5.41, 5.74) is 0.320. The molecule has 1 atom stereocenters. The van der Waals surface area contributed by atoms with Crippen molar-refractivity contribution in [2.24, 2.45) is 11.8 Å². The molecule has 0 aromatic carbocycles. The lowest BCUT2D eigenvalue weighted by atomic mass is 9.81. The second-order valence-corrected chi connectivity index (χ2v) is 7.60. The molecular weight excluding hydrogens is 220 g/mol. The average molecular weight is 250 g/mol. The van der Waals surface area contributed by atoms with Crippen molar-refractivity contribution >= 4 is 0 Å². The van der Waals surface area contributed by atoms with Crippen LogP contribution >= 0.6 is 0 Å². The van der Waals surface area contributed by atoms with Gasteiger partial charge >= 0.3 is 0 Å². The van der Waals surface area contributed by atoms with E-state index in [1.54, 1.807) is 0 Å². The molecule has 1 N–H and O–H groups in total. The molecule has 1 saturated heterocycles. The molecule has 0 aromatic heterocycles. The first-order valence-corrected chi connectivity index (χ1v) is 8.13. The van der Waals surface area contributed by atoms with Crippen molar-refractivity contribution in [2.75, 3.05) is 19.6 Å². The van der Waals surface area contributed by atoms with Crippen molar-refractivity contribution in [3.05, 3.63) is 0 Å². The van der Waals surface area contributed by atoms with Gasteiger partial charge in [-0.25, -0.2) is 0 Å². The van der Waals surface area contributed by atoms with Crippen LogP contribution in [0.3, 0.4) is 0 Å². The molecule has 2 nitrogen and oxygen atoms in total. The number of rotatable bonds is 3. The minimum absolute atomic E-state index is 0.320. The summed E-state index contributed by atoms with van der Waals surface area (Å²) >= 11 is 0. The molecule has 2 saturated carbocycles. The van der Waals surface area contributed by atoms with Gasteiger partial charge in [0.05, 0.1) is 0 Å². The fourth-order valence-corrected chi connectivity index (χ4v) is 4.01. The number of nitrogens with one attached hydrogen (secondary N) is 1. The van der Waals surface area contributed by atoms with Crippen LogP contribution in [0, 0.1) is 11.8 Å². The fraction of sp³-hybridized carbons (Fsp3) is 1.00. The Hall–Kier alpha value is -0.0800. The summed E-state index contributed by atoms with van der Waals surface area (Å²) < 4.78 is 0. The molecule has 2 heteroatoms. The van der Waals surface area contributed by atoms with Crippen LogP contribution in [0.1, 0.15) is 58.8 Å². The minimum atomic E-state index is 0.320. The Morgan fingerprint density at radius 2 is 1.78 bits per heavy atom. The zero-order valence-corrected chi connectivity index (χ0v) is 12.3. The Labute approximate surface area is 113 Å². The van der Waals surface area contributed by atoms with Crippen molar-refractivity contribution in [3.8, 4) is 0 Å². The van der Waals surface area contributed by atoms with E-state index in [2.05, 4.69) is 24.1 Å². The van der Waals surface area contributed by atoms with Gasteiger partial charge in [0.25, 0.3) is 0 Å². The molecule has 3 aliphatic rings. The van der Waals surface area contributed by atoms with Crippen LogP contribution in [0.25, 0.3) is 0 Å². The maximum absolute atomic E-state index is 3.79. The van der Waals surface area contributed by atoms with E-state index in [9.17, 15) is 0 Å². The Morgan fingerprint density at radius 3 is 2.44 bits per heavy atom. The van der Waals surface area contributed by atoms with Crippen LogP contribution in [0.4, 0.5) is 0 Å². The van der Waals surface area contributed by atoms with Crippen LogP contribution < -0.4 is 5.32 Å². The predicted octanol–water partition coefficient (Wildman–Crippen LogP) is 3.03. The zero-order valence-electron chi connectivity index (χ0n) is 12.3. The van der Waals surface area contributed by atoms with Crippen LogP contribution in [-0.4, -0.2) is 36.1 Å². The molecule has 3 rings (SSSR count). The summed E-state index contributed by atoms with van der Waals surface area (Å²) in [5, 5.41) is 3.79. The quantitative estimate of drug-likeness (QED) is 0.828. The van der Waals surface area contributed by atoms with Gasteiger partial charge in [-0.05, 0) is 51.4 Å². The molecule has 2 aliphatic carbocycles. The van der Waals surface area contributed by atoms with Gasteiger partial charge in [0, 0.05) is 31.2 Å². The molecule has 104 valence electrons. The van der Waals surface area contributed by atoms with Crippen LogP contribution in [0.2, 0.25) is 0 Å². The molecule has 3 fully saturated rings. The highest BCUT2D eigenvalue weighted by atomic mass is 15.3. The van der Waals surface area contributed by atoms with E-state index in [1.807, 2.05) is 0 Å². The van der Waals surface area contributed by atoms with E-state index in [1.165, 1.54) is 64.6 Å². The smallest absolute Gasteiger partial charge is 0.0252 e. The molecule has 1 aliphatic heterocycles. The molecule has 18 heavy (non-hydrogen) atoms. The minimum Gasteiger partial charge on any atom is -0.309 e. The monoisotopic (exact) mass is 250 g/mol. The largest absolute Gasteiger partial charge is 0.309 e. The van der Waals surface area contributed by atoms with Gasteiger partial charge in [-0.1, -0.05) is 19.3 Å². The Kier molecular flexibility index (Phi) is 3.68. The standard InChI is InChI=1S/C16H30N2/c1-16(2)12-18(11-13-8-9-13)15(10-17-16)14-6-4-3-5-7-14/h13-15,17H,3-12H2,1-2H3. The van der Waals surface area contributed by atoms with Gasteiger partial charge in [0.15, 0.2) is 0 Å². The highest BCUT2D eigenvalue weighted by molar-refractivity contribution is 4.96. The van der Waals surface area contributed by atoms with Crippen molar-refractivity contribution in [1.29, 1.82) is 0 Å². The highest BCUT2D eigenvalue weighted by Gasteiger charge is 2.39. The van der Waals surface area contributed by atoms with Crippen LogP contribution in [0.15, 0.2) is 0 Å². The molecule has 0 radical (unpaired) electrons. The van der Waals surface area contributed by atoms with Gasteiger partial charge < -0.3 is 5.32 Å². The number of piperazine rings is 1. The van der Waals surface area contributed by atoms with E-state index < -0.39 is 0 Å². The van der Waals surface area contributed by atoms with Crippen molar-refractivity contribution in [2.45, 2.75) is 70.4 Å². The molecule has 0 spiro atoms. The summed E-state index contributed by atoms with van der Waals surface area (Å²) in [4.78, 5) is 2.85. The van der Waals surface area contributed by atoms with E-state index in [4.69, 9.17) is 0 Å². The first kappa shape index (κ1) is 12.9. The lowest BCUT2D eigenvalue weighted by Crippen LogP contribution is -2.63. The van der Waals surface area contributed by atoms with Gasteiger partial charge in [0.2, 0.25) is 0 Å². The Bertz CT molecular complexity index is 277. The topological polar surface area (TPSA) is 15.3 Å². The van der Waals surface area contributed by atoms with E-state index in [0.29, 0.717) is 5.54 Å². The van der Waals surface area contributed by atoms with Crippen molar-refractivity contribution in [1.82, 2.24) is 10.2 Å². The summed E-state index contributed by atoms with van der Waals surface area (Å²) in [6, 6.07) is 0.832. The molecular formula is C16H30N2. The number of hydrogen-bond donors (Lipinski definition) is 1. The second kappa shape index (κ2) is 5.13. The Morgan fingerprint density at radius 1 is 1.06 bits per heavy atom. The lowest BCUT2D eigenvalue weighted by Gasteiger charge is -2.48. The van der Waals surface area contributed by atoms with Gasteiger partial charge in [-0.2, -0.15) is 0 Å². The van der Waals surface area contributed by atoms with Crippen LogP contribution in [-0.2, 0) is 0 Å². The third-order valence-corrected chi connectivity index (χ3v) is 5.24. The normalized spacial score (nSPS) is 34.7.